The predicted octanol–water partition coefficient (Wildman–Crippen LogP) is 0.412. The van der Waals surface area contributed by atoms with Gasteiger partial charge in [0, 0.05) is 5.92 Å². The maximum Gasteiger partial charge on any atom is 0.244 e. The standard InChI is InChI=1S/C13H9N3O3/c14-5-9-11(7-2-1-3-8(17)4-7)10(6-15)13(19)16-12(9)18/h1-4,9-11,17H,(H,16,18,19)/t9-,10+,11?. The van der Waals surface area contributed by atoms with Crippen LogP contribution in [0.5, 0.6) is 5.75 Å². The lowest BCUT2D eigenvalue weighted by molar-refractivity contribution is -0.137. The van der Waals surface area contributed by atoms with Gasteiger partial charge in [-0.1, -0.05) is 12.1 Å². The van der Waals surface area contributed by atoms with E-state index in [-0.39, 0.29) is 5.75 Å². The van der Waals surface area contributed by atoms with E-state index in [1.54, 1.807) is 6.07 Å². The molecule has 1 aliphatic rings. The van der Waals surface area contributed by atoms with E-state index in [1.165, 1.54) is 18.2 Å². The van der Waals surface area contributed by atoms with Crippen LogP contribution in [0.4, 0.5) is 0 Å². The molecular formula is C13H9N3O3. The van der Waals surface area contributed by atoms with Crippen molar-refractivity contribution in [1.82, 2.24) is 5.32 Å². The maximum atomic E-state index is 11.6. The van der Waals surface area contributed by atoms with E-state index < -0.39 is 29.6 Å². The highest BCUT2D eigenvalue weighted by Crippen LogP contribution is 2.36. The molecule has 6 nitrogen and oxygen atoms in total. The fourth-order valence-electron chi connectivity index (χ4n) is 2.19. The summed E-state index contributed by atoms with van der Waals surface area (Å²) in [6, 6.07) is 9.51. The number of phenolic OH excluding ortho intramolecular Hbond substituents is 1. The van der Waals surface area contributed by atoms with Crippen LogP contribution in [0.3, 0.4) is 0 Å². The Bertz CT molecular complexity index is 595. The zero-order valence-corrected chi connectivity index (χ0v) is 9.70. The highest BCUT2D eigenvalue weighted by atomic mass is 16.3. The molecular weight excluding hydrogens is 246 g/mol. The third-order valence-corrected chi connectivity index (χ3v) is 3.06. The van der Waals surface area contributed by atoms with E-state index in [0.717, 1.165) is 0 Å². The van der Waals surface area contributed by atoms with Crippen LogP contribution in [0.2, 0.25) is 0 Å². The first-order valence-corrected chi connectivity index (χ1v) is 5.51. The van der Waals surface area contributed by atoms with Crippen LogP contribution in [0.25, 0.3) is 0 Å². The van der Waals surface area contributed by atoms with Gasteiger partial charge in [0.25, 0.3) is 0 Å². The largest absolute Gasteiger partial charge is 0.508 e. The number of amides is 2. The van der Waals surface area contributed by atoms with Crippen LogP contribution in [-0.4, -0.2) is 16.9 Å². The summed E-state index contributed by atoms with van der Waals surface area (Å²) in [6.07, 6.45) is 0. The molecule has 0 aromatic heterocycles. The SMILES string of the molecule is N#C[C@@H]1C(=O)NC(=O)[C@H](C#N)C1c1cccc(O)c1. The molecule has 1 fully saturated rings. The van der Waals surface area contributed by atoms with Crippen LogP contribution >= 0.6 is 0 Å². The van der Waals surface area contributed by atoms with Gasteiger partial charge in [-0.25, -0.2) is 0 Å². The molecule has 1 unspecified atom stereocenters. The molecule has 1 heterocycles. The van der Waals surface area contributed by atoms with Gasteiger partial charge < -0.3 is 5.11 Å². The molecule has 0 saturated carbocycles. The fraction of sp³-hybridized carbons (Fsp3) is 0.231. The molecule has 2 amide bonds. The number of rotatable bonds is 1. The zero-order valence-electron chi connectivity index (χ0n) is 9.70. The first-order chi connectivity index (χ1) is 9.08. The number of carbonyl (C=O) groups is 2. The Balaban J connectivity index is 2.53. The molecule has 94 valence electrons. The second-order valence-corrected chi connectivity index (χ2v) is 4.19. The molecule has 0 spiro atoms. The van der Waals surface area contributed by atoms with Crippen molar-refractivity contribution in [2.45, 2.75) is 5.92 Å². The number of piperidine rings is 1. The highest BCUT2D eigenvalue weighted by Gasteiger charge is 2.45. The minimum Gasteiger partial charge on any atom is -0.508 e. The molecule has 2 N–H and O–H groups in total. The van der Waals surface area contributed by atoms with Crippen LogP contribution in [0, 0.1) is 34.5 Å². The molecule has 19 heavy (non-hydrogen) atoms. The van der Waals surface area contributed by atoms with Gasteiger partial charge in [-0.3, -0.25) is 14.9 Å². The van der Waals surface area contributed by atoms with Gasteiger partial charge in [-0.05, 0) is 17.7 Å². The molecule has 1 saturated heterocycles. The molecule has 1 aromatic carbocycles. The van der Waals surface area contributed by atoms with Crippen LogP contribution in [0.1, 0.15) is 11.5 Å². The summed E-state index contributed by atoms with van der Waals surface area (Å²) in [5.41, 5.74) is 0.418. The summed E-state index contributed by atoms with van der Waals surface area (Å²) in [7, 11) is 0. The number of nitrogens with one attached hydrogen (secondary N) is 1. The second-order valence-electron chi connectivity index (χ2n) is 4.19. The first kappa shape index (κ1) is 12.6. The minimum absolute atomic E-state index is 0.0516. The molecule has 2 rings (SSSR count). The van der Waals surface area contributed by atoms with Crippen LogP contribution < -0.4 is 5.32 Å². The number of imide groups is 1. The molecule has 0 radical (unpaired) electrons. The average Bonchev–Trinajstić information content (AvgIpc) is 2.38. The quantitative estimate of drug-likeness (QED) is 0.705. The van der Waals surface area contributed by atoms with Gasteiger partial charge in [-0.2, -0.15) is 10.5 Å². The third kappa shape index (κ3) is 2.12. The average molecular weight is 255 g/mol. The van der Waals surface area contributed by atoms with Crippen molar-refractivity contribution in [2.75, 3.05) is 0 Å². The van der Waals surface area contributed by atoms with Crippen molar-refractivity contribution in [3.8, 4) is 17.9 Å². The van der Waals surface area contributed by atoms with Gasteiger partial charge in [0.05, 0.1) is 12.1 Å². The smallest absolute Gasteiger partial charge is 0.244 e. The fourth-order valence-corrected chi connectivity index (χ4v) is 2.19. The Morgan fingerprint density at radius 1 is 1.11 bits per heavy atom. The van der Waals surface area contributed by atoms with E-state index >= 15 is 0 Å². The number of hydrogen-bond donors (Lipinski definition) is 2. The lowest BCUT2D eigenvalue weighted by Crippen LogP contribution is -2.49. The van der Waals surface area contributed by atoms with Gasteiger partial charge in [0.1, 0.15) is 17.6 Å². The lowest BCUT2D eigenvalue weighted by atomic mass is 9.74. The topological polar surface area (TPSA) is 114 Å². The zero-order chi connectivity index (χ0) is 14.0. The Labute approximate surface area is 108 Å². The first-order valence-electron chi connectivity index (χ1n) is 5.51. The van der Waals surface area contributed by atoms with E-state index in [9.17, 15) is 14.7 Å². The van der Waals surface area contributed by atoms with Crippen molar-refractivity contribution in [2.24, 2.45) is 11.8 Å². The number of aromatic hydroxyl groups is 1. The Morgan fingerprint density at radius 2 is 1.68 bits per heavy atom. The van der Waals surface area contributed by atoms with Crippen molar-refractivity contribution in [3.05, 3.63) is 29.8 Å². The number of phenols is 1. The van der Waals surface area contributed by atoms with Crippen LogP contribution in [-0.2, 0) is 9.59 Å². The van der Waals surface area contributed by atoms with E-state index in [1.807, 2.05) is 17.5 Å². The van der Waals surface area contributed by atoms with Crippen molar-refractivity contribution in [3.63, 3.8) is 0 Å². The monoisotopic (exact) mass is 255 g/mol. The molecule has 6 heteroatoms. The number of nitrogens with zero attached hydrogens (tertiary/aromatic N) is 2. The summed E-state index contributed by atoms with van der Waals surface area (Å²) in [5.74, 6) is -4.62. The van der Waals surface area contributed by atoms with Crippen molar-refractivity contribution < 1.29 is 14.7 Å². The van der Waals surface area contributed by atoms with Gasteiger partial charge >= 0.3 is 0 Å². The molecule has 1 aliphatic heterocycles. The Kier molecular flexibility index (Phi) is 3.17. The summed E-state index contributed by atoms with van der Waals surface area (Å²) in [6.45, 7) is 0. The third-order valence-electron chi connectivity index (χ3n) is 3.06. The number of nitriles is 2. The number of hydrogen-bond acceptors (Lipinski definition) is 5. The molecule has 3 atom stereocenters. The molecule has 0 aliphatic carbocycles. The molecule has 1 aromatic rings. The summed E-state index contributed by atoms with van der Waals surface area (Å²) in [5, 5.41) is 29.6. The highest BCUT2D eigenvalue weighted by molar-refractivity contribution is 6.03. The second kappa shape index (κ2) is 4.79. The molecule has 0 bridgehead atoms. The lowest BCUT2D eigenvalue weighted by Gasteiger charge is -2.29. The van der Waals surface area contributed by atoms with Gasteiger partial charge in [0.15, 0.2) is 0 Å². The van der Waals surface area contributed by atoms with Crippen molar-refractivity contribution in [1.29, 1.82) is 10.5 Å². The van der Waals surface area contributed by atoms with E-state index in [0.29, 0.717) is 5.56 Å². The van der Waals surface area contributed by atoms with E-state index in [4.69, 9.17) is 10.5 Å². The van der Waals surface area contributed by atoms with Crippen LogP contribution in [0.15, 0.2) is 24.3 Å². The summed E-state index contributed by atoms with van der Waals surface area (Å²) >= 11 is 0. The Morgan fingerprint density at radius 3 is 2.16 bits per heavy atom. The minimum atomic E-state index is -1.14. The van der Waals surface area contributed by atoms with Gasteiger partial charge in [0.2, 0.25) is 11.8 Å². The number of benzene rings is 1. The Hall–Kier alpha value is -2.86. The normalized spacial score (nSPS) is 26.1. The predicted molar refractivity (Wildman–Crippen MR) is 62.2 cm³/mol. The van der Waals surface area contributed by atoms with Gasteiger partial charge in [-0.15, -0.1) is 0 Å². The summed E-state index contributed by atoms with van der Waals surface area (Å²) < 4.78 is 0. The van der Waals surface area contributed by atoms with E-state index in [2.05, 4.69) is 0 Å². The summed E-state index contributed by atoms with van der Waals surface area (Å²) in [4.78, 5) is 23.3. The number of carbonyl (C=O) groups excluding carboxylic acids is 2. The van der Waals surface area contributed by atoms with Crippen molar-refractivity contribution >= 4 is 11.8 Å². The maximum absolute atomic E-state index is 11.6.